The lowest BCUT2D eigenvalue weighted by molar-refractivity contribution is -0.158. The number of nitrogens with one attached hydrogen (secondary N) is 1. The van der Waals surface area contributed by atoms with Crippen LogP contribution in [0.4, 0.5) is 16.2 Å². The Morgan fingerprint density at radius 3 is 2.54 bits per heavy atom. The van der Waals surface area contributed by atoms with E-state index in [2.05, 4.69) is 5.32 Å². The van der Waals surface area contributed by atoms with Crippen LogP contribution in [0.2, 0.25) is 5.02 Å². The lowest BCUT2D eigenvalue weighted by atomic mass is 9.83. The van der Waals surface area contributed by atoms with Crippen LogP contribution in [-0.4, -0.2) is 96.9 Å². The molecule has 2 saturated heterocycles. The second-order valence-electron chi connectivity index (χ2n) is 15.0. The minimum absolute atomic E-state index is 0.0499. The molecule has 13 nitrogen and oxygen atoms in total. The highest BCUT2D eigenvalue weighted by Gasteiger charge is 2.64. The van der Waals surface area contributed by atoms with E-state index >= 15 is 0 Å². The lowest BCUT2D eigenvalue weighted by Gasteiger charge is -2.42. The molecule has 0 radical (unpaired) electrons. The number of allylic oxidation sites excluding steroid dienone is 3. The topological polar surface area (TPSA) is 173 Å². The number of likely N-dealkylation sites (N-methyl/N-ethyl adjacent to an activating group) is 1. The molecule has 3 amide bonds. The third kappa shape index (κ3) is 8.29. The van der Waals surface area contributed by atoms with Crippen LogP contribution in [0, 0.1) is 19.8 Å². The van der Waals surface area contributed by atoms with Crippen molar-refractivity contribution in [2.45, 2.75) is 103 Å². The molecule has 8 atom stereocenters. The highest BCUT2D eigenvalue weighted by atomic mass is 35.5. The number of carbonyl (C=O) groups excluding carboxylic acids is 4. The minimum Gasteiger partial charge on any atom is -0.457 e. The largest absolute Gasteiger partial charge is 0.457 e. The van der Waals surface area contributed by atoms with Gasteiger partial charge < -0.3 is 39.6 Å². The Bertz CT molecular complexity index is 1880. The number of nitrogen functional groups attached to an aromatic ring is 1. The Balaban J connectivity index is 1.51. The maximum Gasteiger partial charge on any atom is 0.409 e. The molecule has 0 aliphatic carbocycles. The monoisotopic (exact) mass is 766 g/mol. The molecule has 0 saturated carbocycles. The van der Waals surface area contributed by atoms with Gasteiger partial charge in [0.15, 0.2) is 5.72 Å². The van der Waals surface area contributed by atoms with Gasteiger partial charge in [-0.2, -0.15) is 0 Å². The highest BCUT2D eigenvalue weighted by Crippen LogP contribution is 2.49. The van der Waals surface area contributed by atoms with Gasteiger partial charge in [-0.1, -0.05) is 48.4 Å². The molecule has 2 aromatic rings. The third-order valence-corrected chi connectivity index (χ3v) is 11.5. The Kier molecular flexibility index (Phi) is 11.9. The van der Waals surface area contributed by atoms with Gasteiger partial charge in [0.2, 0.25) is 5.91 Å². The van der Waals surface area contributed by atoms with E-state index < -0.39 is 71.6 Å². The summed E-state index contributed by atoms with van der Waals surface area (Å²) in [5, 5.41) is 14.7. The van der Waals surface area contributed by atoms with E-state index in [1.54, 1.807) is 65.1 Å². The van der Waals surface area contributed by atoms with Crippen LogP contribution >= 0.6 is 11.6 Å². The number of hydrogen-bond donors (Lipinski definition) is 3. The number of hydrogen-bond acceptors (Lipinski definition) is 10. The number of nitrogens with zero attached hydrogens (tertiary/aromatic N) is 2. The standard InChI is InChI=1S/C40H51ClN4O9/c1-21-11-10-12-31(51-9)40(50)20-30(52-38(49)43-40)24(4)35-39(6,54-35)32(19-33(46)45(8)29-18-26(15-21)16-23(3)34(29)41)53-37(48)25(5)44(7)36(47)27-13-14-28(42)22(2)17-27/h10-14,16-18,24-25,30-32,35,50H,15,19-20,42H2,1-9H3,(H,43,49)/b12-10+,21-11+/t24-,25+,30+,31-,32+,35+,39+,40+/m1/s1. The smallest absolute Gasteiger partial charge is 0.409 e. The summed E-state index contributed by atoms with van der Waals surface area (Å²) in [5.74, 6) is -2.10. The van der Waals surface area contributed by atoms with Gasteiger partial charge >= 0.3 is 12.1 Å². The number of aliphatic hydroxyl groups is 1. The molecule has 14 heteroatoms. The molecule has 54 heavy (non-hydrogen) atoms. The van der Waals surface area contributed by atoms with Gasteiger partial charge in [-0.25, -0.2) is 9.59 Å². The molecule has 3 aliphatic rings. The predicted molar refractivity (Wildman–Crippen MR) is 204 cm³/mol. The number of anilines is 2. The maximum absolute atomic E-state index is 14.2. The maximum atomic E-state index is 14.2. The fraction of sp³-hybridized carbons (Fsp3) is 0.500. The number of epoxide rings is 1. The van der Waals surface area contributed by atoms with Crippen molar-refractivity contribution in [3.05, 3.63) is 81.4 Å². The highest BCUT2D eigenvalue weighted by molar-refractivity contribution is 6.34. The van der Waals surface area contributed by atoms with E-state index in [1.165, 1.54) is 24.0 Å². The summed E-state index contributed by atoms with van der Waals surface area (Å²) >= 11 is 6.78. The predicted octanol–water partition coefficient (Wildman–Crippen LogP) is 5.02. The Labute approximate surface area is 321 Å². The summed E-state index contributed by atoms with van der Waals surface area (Å²) in [6.07, 6.45) is 1.08. The molecule has 5 rings (SSSR count). The number of carbonyl (C=O) groups is 4. The van der Waals surface area contributed by atoms with Crippen molar-refractivity contribution in [1.29, 1.82) is 0 Å². The number of alkyl carbamates (subject to hydrolysis) is 1. The number of ether oxygens (including phenoxy) is 4. The van der Waals surface area contributed by atoms with Gasteiger partial charge in [-0.05, 0) is 82.0 Å². The number of amides is 3. The summed E-state index contributed by atoms with van der Waals surface area (Å²) in [4.78, 5) is 57.0. The number of methoxy groups -OCH3 is 1. The molecule has 0 unspecified atom stereocenters. The molecule has 2 aromatic carbocycles. The SMILES string of the molecule is CO[C@@H]1/C=C/C=C(\C)Cc2cc(C)c(Cl)c(c2)N(C)C(=O)C[C@H](OC(=O)[C@H](C)N(C)C(=O)c2ccc(N)c(C)c2)[C@]2(C)O[C@H]2[C@H](C)[C@@H]2C[C@@]1(O)NC(=O)O2. The molecule has 4 bridgehead atoms. The van der Waals surface area contributed by atoms with E-state index in [4.69, 9.17) is 36.3 Å². The van der Waals surface area contributed by atoms with Crippen LogP contribution in [0.25, 0.3) is 0 Å². The van der Waals surface area contributed by atoms with E-state index in [1.807, 2.05) is 32.1 Å². The van der Waals surface area contributed by atoms with Crippen molar-refractivity contribution in [1.82, 2.24) is 10.2 Å². The number of aryl methyl sites for hydroxylation is 2. The summed E-state index contributed by atoms with van der Waals surface area (Å²) in [7, 11) is 4.54. The number of esters is 1. The number of benzene rings is 2. The second kappa shape index (κ2) is 15.7. The first-order valence-corrected chi connectivity index (χ1v) is 18.3. The minimum atomic E-state index is -1.82. The number of fused-ring (bicyclic) bond motifs is 5. The molecule has 3 heterocycles. The van der Waals surface area contributed by atoms with Crippen LogP contribution in [0.3, 0.4) is 0 Å². The van der Waals surface area contributed by atoms with Crippen LogP contribution in [-0.2, 0) is 35.0 Å². The van der Waals surface area contributed by atoms with E-state index in [0.29, 0.717) is 28.4 Å². The summed E-state index contributed by atoms with van der Waals surface area (Å²) in [6.45, 7) is 10.7. The quantitative estimate of drug-likeness (QED) is 0.213. The fourth-order valence-corrected chi connectivity index (χ4v) is 7.46. The molecule has 2 fully saturated rings. The van der Waals surface area contributed by atoms with Crippen LogP contribution in [0.1, 0.15) is 67.6 Å². The van der Waals surface area contributed by atoms with Gasteiger partial charge in [-0.3, -0.25) is 14.9 Å². The Morgan fingerprint density at radius 1 is 1.17 bits per heavy atom. The van der Waals surface area contributed by atoms with Gasteiger partial charge in [0.05, 0.1) is 23.2 Å². The van der Waals surface area contributed by atoms with Gasteiger partial charge in [0, 0.05) is 44.8 Å². The number of nitrogens with two attached hydrogens (primary N) is 1. The van der Waals surface area contributed by atoms with Crippen molar-refractivity contribution >= 4 is 46.9 Å². The Morgan fingerprint density at radius 2 is 1.87 bits per heavy atom. The van der Waals surface area contributed by atoms with Crippen molar-refractivity contribution in [2.24, 2.45) is 5.92 Å². The normalized spacial score (nSPS) is 30.8. The second-order valence-corrected chi connectivity index (χ2v) is 15.4. The van der Waals surface area contributed by atoms with Crippen molar-refractivity contribution in [2.75, 3.05) is 31.8 Å². The lowest BCUT2D eigenvalue weighted by Crippen LogP contribution is -2.63. The van der Waals surface area contributed by atoms with Crippen molar-refractivity contribution in [3.8, 4) is 0 Å². The number of rotatable bonds is 5. The van der Waals surface area contributed by atoms with E-state index in [-0.39, 0.29) is 12.8 Å². The van der Waals surface area contributed by atoms with Gasteiger partial charge in [0.25, 0.3) is 5.91 Å². The molecule has 3 aliphatic heterocycles. The Hall–Kier alpha value is -4.43. The summed E-state index contributed by atoms with van der Waals surface area (Å²) in [6, 6.07) is 7.62. The van der Waals surface area contributed by atoms with E-state index in [9.17, 15) is 24.3 Å². The zero-order valence-corrected chi connectivity index (χ0v) is 33.0. The molecule has 0 spiro atoms. The average Bonchev–Trinajstić information content (AvgIpc) is 3.81. The first kappa shape index (κ1) is 40.7. The van der Waals surface area contributed by atoms with Crippen LogP contribution < -0.4 is 16.0 Å². The molecular formula is C40H51ClN4O9. The molecule has 4 N–H and O–H groups in total. The summed E-state index contributed by atoms with van der Waals surface area (Å²) < 4.78 is 23.7. The zero-order chi connectivity index (χ0) is 39.9. The van der Waals surface area contributed by atoms with Crippen molar-refractivity contribution < 1.29 is 43.2 Å². The molecular weight excluding hydrogens is 716 g/mol. The molecule has 0 aromatic heterocycles. The molecule has 292 valence electrons. The average molecular weight is 767 g/mol. The van der Waals surface area contributed by atoms with Crippen molar-refractivity contribution in [3.63, 3.8) is 0 Å². The van der Waals surface area contributed by atoms with Crippen LogP contribution in [0.5, 0.6) is 0 Å². The van der Waals surface area contributed by atoms with Crippen LogP contribution in [0.15, 0.2) is 54.1 Å². The van der Waals surface area contributed by atoms with E-state index in [0.717, 1.165) is 22.3 Å². The third-order valence-electron chi connectivity index (χ3n) is 11.0. The van der Waals surface area contributed by atoms with Gasteiger partial charge in [0.1, 0.15) is 30.0 Å². The zero-order valence-electron chi connectivity index (χ0n) is 32.3. The first-order valence-electron chi connectivity index (χ1n) is 17.9. The fourth-order valence-electron chi connectivity index (χ4n) is 7.23. The number of halogens is 1. The van der Waals surface area contributed by atoms with Gasteiger partial charge in [-0.15, -0.1) is 0 Å². The summed E-state index contributed by atoms with van der Waals surface area (Å²) in [5.41, 5.74) is 7.64. The first-order chi connectivity index (χ1) is 25.3.